The molecule has 2 rings (SSSR count). The molecule has 2 unspecified atom stereocenters. The molecule has 0 aromatic carbocycles. The van der Waals surface area contributed by atoms with E-state index in [0.29, 0.717) is 17.8 Å². The van der Waals surface area contributed by atoms with Crippen LogP contribution in [0.3, 0.4) is 0 Å². The van der Waals surface area contributed by atoms with Crippen LogP contribution in [0.5, 0.6) is 0 Å². The Balaban J connectivity index is 2.02. The van der Waals surface area contributed by atoms with Gasteiger partial charge in [0.05, 0.1) is 12.4 Å². The predicted molar refractivity (Wildman–Crippen MR) is 50.2 cm³/mol. The molecule has 1 heterocycles. The number of carboxylic acids is 1. The van der Waals surface area contributed by atoms with E-state index >= 15 is 0 Å². The molecule has 1 aliphatic carbocycles. The maximum atomic E-state index is 10.5. The van der Waals surface area contributed by atoms with Gasteiger partial charge in [0, 0.05) is 6.04 Å². The van der Waals surface area contributed by atoms with Gasteiger partial charge in [-0.3, -0.25) is 0 Å². The maximum Gasteiger partial charge on any atom is 0.356 e. The zero-order valence-corrected chi connectivity index (χ0v) is 7.77. The van der Waals surface area contributed by atoms with Crippen molar-refractivity contribution in [2.75, 3.05) is 5.32 Å². The van der Waals surface area contributed by atoms with E-state index in [4.69, 9.17) is 5.11 Å². The second-order valence-corrected chi connectivity index (χ2v) is 3.56. The zero-order valence-electron chi connectivity index (χ0n) is 7.77. The Labute approximate surface area is 81.2 Å². The van der Waals surface area contributed by atoms with Crippen LogP contribution in [0.15, 0.2) is 12.4 Å². The highest BCUT2D eigenvalue weighted by Gasteiger charge is 2.32. The van der Waals surface area contributed by atoms with Gasteiger partial charge in [0.15, 0.2) is 5.69 Å². The molecular weight excluding hydrogens is 182 g/mol. The Kier molecular flexibility index (Phi) is 2.07. The number of hydrogen-bond acceptors (Lipinski definition) is 4. The summed E-state index contributed by atoms with van der Waals surface area (Å²) in [7, 11) is 0. The standard InChI is InChI=1S/C9H11N3O2/c1-5-2-6(5)12-8-4-10-7(3-11-8)9(13)14/h3-6H,2H2,1H3,(H,11,12)(H,13,14). The Hall–Kier alpha value is -1.65. The van der Waals surface area contributed by atoms with Gasteiger partial charge in [-0.2, -0.15) is 0 Å². The summed E-state index contributed by atoms with van der Waals surface area (Å²) < 4.78 is 0. The van der Waals surface area contributed by atoms with E-state index in [1.807, 2.05) is 0 Å². The quantitative estimate of drug-likeness (QED) is 0.748. The molecule has 2 N–H and O–H groups in total. The zero-order chi connectivity index (χ0) is 10.1. The molecule has 0 aliphatic heterocycles. The number of rotatable bonds is 3. The number of hydrogen-bond donors (Lipinski definition) is 2. The van der Waals surface area contributed by atoms with E-state index in [1.165, 1.54) is 12.4 Å². The van der Waals surface area contributed by atoms with Gasteiger partial charge in [0.25, 0.3) is 0 Å². The van der Waals surface area contributed by atoms with E-state index in [9.17, 15) is 4.79 Å². The fourth-order valence-corrected chi connectivity index (χ4v) is 1.23. The first-order valence-electron chi connectivity index (χ1n) is 4.48. The van der Waals surface area contributed by atoms with Crippen LogP contribution in [0.4, 0.5) is 5.82 Å². The van der Waals surface area contributed by atoms with E-state index in [2.05, 4.69) is 22.2 Å². The van der Waals surface area contributed by atoms with Gasteiger partial charge in [-0.25, -0.2) is 14.8 Å². The Morgan fingerprint density at radius 1 is 1.57 bits per heavy atom. The number of anilines is 1. The second-order valence-electron chi connectivity index (χ2n) is 3.56. The normalized spacial score (nSPS) is 24.4. The van der Waals surface area contributed by atoms with Crippen LogP contribution in [0.2, 0.25) is 0 Å². The van der Waals surface area contributed by atoms with Crippen molar-refractivity contribution in [3.05, 3.63) is 18.1 Å². The van der Waals surface area contributed by atoms with Crippen molar-refractivity contribution in [3.8, 4) is 0 Å². The van der Waals surface area contributed by atoms with Crippen LogP contribution in [0.1, 0.15) is 23.8 Å². The van der Waals surface area contributed by atoms with Crippen LogP contribution < -0.4 is 5.32 Å². The molecule has 2 atom stereocenters. The molecule has 0 amide bonds. The number of nitrogens with zero attached hydrogens (tertiary/aromatic N) is 2. The van der Waals surface area contributed by atoms with Crippen molar-refractivity contribution < 1.29 is 9.90 Å². The Bertz CT molecular complexity index is 350. The Morgan fingerprint density at radius 2 is 2.29 bits per heavy atom. The molecule has 1 aromatic heterocycles. The SMILES string of the molecule is CC1CC1Nc1cnc(C(=O)O)cn1. The molecule has 0 spiro atoms. The molecule has 1 aromatic rings. The van der Waals surface area contributed by atoms with Gasteiger partial charge < -0.3 is 10.4 Å². The topological polar surface area (TPSA) is 75.1 Å². The lowest BCUT2D eigenvalue weighted by Gasteiger charge is -2.02. The van der Waals surface area contributed by atoms with Crippen molar-refractivity contribution in [3.63, 3.8) is 0 Å². The summed E-state index contributed by atoms with van der Waals surface area (Å²) in [5.41, 5.74) is -0.0283. The summed E-state index contributed by atoms with van der Waals surface area (Å²) in [6.45, 7) is 2.15. The highest BCUT2D eigenvalue weighted by atomic mass is 16.4. The summed E-state index contributed by atoms with van der Waals surface area (Å²) in [6, 6.07) is 0.472. The third-order valence-electron chi connectivity index (χ3n) is 2.31. The van der Waals surface area contributed by atoms with Crippen LogP contribution in [-0.4, -0.2) is 27.1 Å². The van der Waals surface area contributed by atoms with Crippen LogP contribution in [0, 0.1) is 5.92 Å². The highest BCUT2D eigenvalue weighted by molar-refractivity contribution is 5.84. The van der Waals surface area contributed by atoms with Crippen LogP contribution in [0.25, 0.3) is 0 Å². The van der Waals surface area contributed by atoms with Gasteiger partial charge in [-0.1, -0.05) is 6.92 Å². The molecule has 1 saturated carbocycles. The minimum absolute atomic E-state index is 0.0283. The van der Waals surface area contributed by atoms with Gasteiger partial charge in [0.1, 0.15) is 5.82 Å². The minimum Gasteiger partial charge on any atom is -0.476 e. The number of carboxylic acid groups (broad SMARTS) is 1. The summed E-state index contributed by atoms with van der Waals surface area (Å²) >= 11 is 0. The molecule has 0 bridgehead atoms. The predicted octanol–water partition coefficient (Wildman–Crippen LogP) is 0.995. The van der Waals surface area contributed by atoms with E-state index in [-0.39, 0.29) is 5.69 Å². The molecule has 0 saturated heterocycles. The van der Waals surface area contributed by atoms with Crippen molar-refractivity contribution in [2.24, 2.45) is 5.92 Å². The lowest BCUT2D eigenvalue weighted by Crippen LogP contribution is -2.07. The maximum absolute atomic E-state index is 10.5. The third-order valence-corrected chi connectivity index (χ3v) is 2.31. The smallest absolute Gasteiger partial charge is 0.356 e. The summed E-state index contributed by atoms with van der Waals surface area (Å²) in [4.78, 5) is 18.2. The molecule has 5 nitrogen and oxygen atoms in total. The van der Waals surface area contributed by atoms with E-state index in [1.54, 1.807) is 0 Å². The van der Waals surface area contributed by atoms with Crippen LogP contribution in [-0.2, 0) is 0 Å². The number of nitrogens with one attached hydrogen (secondary N) is 1. The lowest BCUT2D eigenvalue weighted by atomic mass is 10.4. The van der Waals surface area contributed by atoms with E-state index in [0.717, 1.165) is 6.42 Å². The average molecular weight is 193 g/mol. The van der Waals surface area contributed by atoms with Crippen molar-refractivity contribution in [2.45, 2.75) is 19.4 Å². The fraction of sp³-hybridized carbons (Fsp3) is 0.444. The van der Waals surface area contributed by atoms with Crippen LogP contribution >= 0.6 is 0 Å². The fourth-order valence-electron chi connectivity index (χ4n) is 1.23. The molecule has 5 heteroatoms. The number of aromatic nitrogens is 2. The molecule has 1 aliphatic rings. The van der Waals surface area contributed by atoms with Crippen molar-refractivity contribution >= 4 is 11.8 Å². The first-order valence-corrected chi connectivity index (χ1v) is 4.48. The summed E-state index contributed by atoms with van der Waals surface area (Å²) in [5, 5.41) is 11.8. The minimum atomic E-state index is -1.05. The first-order chi connectivity index (χ1) is 6.66. The third kappa shape index (κ3) is 1.81. The second kappa shape index (κ2) is 3.25. The molecular formula is C9H11N3O2. The van der Waals surface area contributed by atoms with Gasteiger partial charge in [-0.15, -0.1) is 0 Å². The highest BCUT2D eigenvalue weighted by Crippen LogP contribution is 2.31. The Morgan fingerprint density at radius 3 is 2.71 bits per heavy atom. The number of aromatic carboxylic acids is 1. The molecule has 14 heavy (non-hydrogen) atoms. The molecule has 74 valence electrons. The molecule has 0 radical (unpaired) electrons. The van der Waals surface area contributed by atoms with Crippen molar-refractivity contribution in [1.82, 2.24) is 9.97 Å². The number of carbonyl (C=O) groups is 1. The van der Waals surface area contributed by atoms with Gasteiger partial charge >= 0.3 is 5.97 Å². The summed E-state index contributed by atoms with van der Waals surface area (Å²) in [6.07, 6.45) is 3.86. The van der Waals surface area contributed by atoms with Gasteiger partial charge in [-0.05, 0) is 12.3 Å². The summed E-state index contributed by atoms with van der Waals surface area (Å²) in [5.74, 6) is 0.268. The van der Waals surface area contributed by atoms with E-state index < -0.39 is 5.97 Å². The van der Waals surface area contributed by atoms with Gasteiger partial charge in [0.2, 0.25) is 0 Å². The van der Waals surface area contributed by atoms with Crippen molar-refractivity contribution in [1.29, 1.82) is 0 Å². The largest absolute Gasteiger partial charge is 0.476 e. The average Bonchev–Trinajstić information content (AvgIpc) is 2.82. The lowest BCUT2D eigenvalue weighted by molar-refractivity contribution is 0.0690. The monoisotopic (exact) mass is 193 g/mol. The molecule has 1 fully saturated rings. The first kappa shape index (κ1) is 8.93.